The molecule has 0 bridgehead atoms. The number of hydrogen-bond donors (Lipinski definition) is 0. The van der Waals surface area contributed by atoms with E-state index in [4.69, 9.17) is 11.6 Å². The minimum absolute atomic E-state index is 0.105. The fraction of sp³-hybridized carbons (Fsp3) is 0.480. The number of carbonyl (C=O) groups is 1. The summed E-state index contributed by atoms with van der Waals surface area (Å²) in [6, 6.07) is 14.5. The second-order valence-electron chi connectivity index (χ2n) is 8.70. The fourth-order valence-corrected chi connectivity index (χ4v) is 4.97. The van der Waals surface area contributed by atoms with Crippen LogP contribution in [0, 0.1) is 19.8 Å². The van der Waals surface area contributed by atoms with Crippen molar-refractivity contribution in [2.24, 2.45) is 5.92 Å². The van der Waals surface area contributed by atoms with Crippen LogP contribution < -0.4 is 4.90 Å². The highest BCUT2D eigenvalue weighted by Gasteiger charge is 2.31. The second-order valence-corrected chi connectivity index (χ2v) is 9.10. The van der Waals surface area contributed by atoms with Crippen molar-refractivity contribution in [3.8, 4) is 0 Å². The summed E-state index contributed by atoms with van der Waals surface area (Å²) >= 11 is 6.34. The fourth-order valence-electron chi connectivity index (χ4n) is 4.77. The van der Waals surface area contributed by atoms with Crippen LogP contribution in [-0.2, 0) is 11.3 Å². The van der Waals surface area contributed by atoms with Crippen LogP contribution in [0.25, 0.3) is 0 Å². The van der Waals surface area contributed by atoms with Gasteiger partial charge in [-0.2, -0.15) is 0 Å². The lowest BCUT2D eigenvalue weighted by molar-refractivity contribution is -0.137. The van der Waals surface area contributed by atoms with Gasteiger partial charge in [0.15, 0.2) is 0 Å². The molecule has 160 valence electrons. The van der Waals surface area contributed by atoms with Gasteiger partial charge in [0.25, 0.3) is 0 Å². The molecule has 0 aromatic heterocycles. The lowest BCUT2D eigenvalue weighted by Gasteiger charge is -2.40. The van der Waals surface area contributed by atoms with Crippen LogP contribution in [0.5, 0.6) is 0 Å². The molecular formula is C25H32ClN3O. The Kier molecular flexibility index (Phi) is 6.64. The Morgan fingerprint density at radius 2 is 1.77 bits per heavy atom. The Morgan fingerprint density at radius 3 is 2.53 bits per heavy atom. The molecule has 2 aliphatic rings. The van der Waals surface area contributed by atoms with Gasteiger partial charge in [0.1, 0.15) is 0 Å². The summed E-state index contributed by atoms with van der Waals surface area (Å²) in [5.41, 5.74) is 5.13. The van der Waals surface area contributed by atoms with Gasteiger partial charge in [-0.1, -0.05) is 41.9 Å². The van der Waals surface area contributed by atoms with E-state index in [1.165, 1.54) is 16.8 Å². The molecule has 0 N–H and O–H groups in total. The number of piperazine rings is 1. The lowest BCUT2D eigenvalue weighted by Crippen LogP contribution is -2.52. The molecule has 2 aromatic rings. The average Bonchev–Trinajstić information content (AvgIpc) is 2.77. The largest absolute Gasteiger partial charge is 0.368 e. The van der Waals surface area contributed by atoms with E-state index in [0.29, 0.717) is 5.91 Å². The van der Waals surface area contributed by atoms with Crippen molar-refractivity contribution < 1.29 is 4.79 Å². The van der Waals surface area contributed by atoms with Crippen molar-refractivity contribution in [2.45, 2.75) is 33.2 Å². The van der Waals surface area contributed by atoms with E-state index in [-0.39, 0.29) is 5.92 Å². The van der Waals surface area contributed by atoms with E-state index in [2.05, 4.69) is 52.8 Å². The van der Waals surface area contributed by atoms with Crippen LogP contribution in [0.2, 0.25) is 5.02 Å². The standard InChI is InChI=1S/C25H32ClN3O/c1-19-7-5-11-24(20(19)2)28-13-15-29(16-14-28)25(30)22-9-6-12-27(18-22)17-21-8-3-4-10-23(21)26/h3-5,7-8,10-11,22H,6,9,12-18H2,1-2H3. The molecule has 5 heteroatoms. The van der Waals surface area contributed by atoms with Crippen molar-refractivity contribution >= 4 is 23.2 Å². The van der Waals surface area contributed by atoms with E-state index in [1.807, 2.05) is 18.2 Å². The van der Waals surface area contributed by atoms with Gasteiger partial charge in [0.2, 0.25) is 5.91 Å². The Balaban J connectivity index is 1.33. The number of likely N-dealkylation sites (tertiary alicyclic amines) is 1. The molecule has 0 saturated carbocycles. The number of rotatable bonds is 4. The van der Waals surface area contributed by atoms with Crippen molar-refractivity contribution in [1.82, 2.24) is 9.80 Å². The van der Waals surface area contributed by atoms with Crippen LogP contribution in [0.3, 0.4) is 0 Å². The number of carbonyl (C=O) groups excluding carboxylic acids is 1. The number of piperidine rings is 1. The molecule has 30 heavy (non-hydrogen) atoms. The predicted octanol–water partition coefficient (Wildman–Crippen LogP) is 4.52. The van der Waals surface area contributed by atoms with E-state index in [1.54, 1.807) is 0 Å². The van der Waals surface area contributed by atoms with Gasteiger partial charge in [-0.15, -0.1) is 0 Å². The Hall–Kier alpha value is -2.04. The molecule has 4 nitrogen and oxygen atoms in total. The smallest absolute Gasteiger partial charge is 0.227 e. The topological polar surface area (TPSA) is 26.8 Å². The number of hydrogen-bond acceptors (Lipinski definition) is 3. The van der Waals surface area contributed by atoms with Crippen molar-refractivity contribution in [3.63, 3.8) is 0 Å². The molecule has 1 atom stereocenters. The molecule has 2 aromatic carbocycles. The number of anilines is 1. The summed E-state index contributed by atoms with van der Waals surface area (Å²) < 4.78 is 0. The highest BCUT2D eigenvalue weighted by atomic mass is 35.5. The highest BCUT2D eigenvalue weighted by Crippen LogP contribution is 2.26. The van der Waals surface area contributed by atoms with Gasteiger partial charge in [-0.05, 0) is 62.1 Å². The molecule has 4 rings (SSSR count). The number of nitrogens with zero attached hydrogens (tertiary/aromatic N) is 3. The normalized spacial score (nSPS) is 20.4. The molecule has 1 unspecified atom stereocenters. The third-order valence-corrected chi connectivity index (χ3v) is 7.08. The summed E-state index contributed by atoms with van der Waals surface area (Å²) in [7, 11) is 0. The zero-order valence-electron chi connectivity index (χ0n) is 18.1. The summed E-state index contributed by atoms with van der Waals surface area (Å²) in [4.78, 5) is 20.1. The van der Waals surface area contributed by atoms with E-state index < -0.39 is 0 Å². The van der Waals surface area contributed by atoms with Gasteiger partial charge >= 0.3 is 0 Å². The summed E-state index contributed by atoms with van der Waals surface area (Å²) in [6.45, 7) is 10.5. The van der Waals surface area contributed by atoms with Crippen LogP contribution in [0.4, 0.5) is 5.69 Å². The van der Waals surface area contributed by atoms with Crippen LogP contribution in [0.15, 0.2) is 42.5 Å². The maximum Gasteiger partial charge on any atom is 0.227 e. The molecule has 2 fully saturated rings. The minimum atomic E-state index is 0.105. The Morgan fingerprint density at radius 1 is 1.00 bits per heavy atom. The maximum atomic E-state index is 13.2. The van der Waals surface area contributed by atoms with Gasteiger partial charge in [-0.25, -0.2) is 0 Å². The number of benzene rings is 2. The zero-order valence-corrected chi connectivity index (χ0v) is 18.9. The zero-order chi connectivity index (χ0) is 21.1. The first kappa shape index (κ1) is 21.2. The predicted molar refractivity (Wildman–Crippen MR) is 124 cm³/mol. The average molecular weight is 426 g/mol. The number of amides is 1. The van der Waals surface area contributed by atoms with Crippen LogP contribution in [-0.4, -0.2) is 55.0 Å². The quantitative estimate of drug-likeness (QED) is 0.720. The van der Waals surface area contributed by atoms with E-state index >= 15 is 0 Å². The highest BCUT2D eigenvalue weighted by molar-refractivity contribution is 6.31. The first-order valence-electron chi connectivity index (χ1n) is 11.1. The van der Waals surface area contributed by atoms with Crippen molar-refractivity contribution in [3.05, 3.63) is 64.2 Å². The molecule has 0 radical (unpaired) electrons. The van der Waals surface area contributed by atoms with E-state index in [9.17, 15) is 4.79 Å². The molecule has 2 heterocycles. The first-order chi connectivity index (χ1) is 14.5. The molecule has 2 aliphatic heterocycles. The minimum Gasteiger partial charge on any atom is -0.368 e. The van der Waals surface area contributed by atoms with Crippen molar-refractivity contribution in [1.29, 1.82) is 0 Å². The Labute approximate surface area is 185 Å². The van der Waals surface area contributed by atoms with Gasteiger partial charge in [0, 0.05) is 50.0 Å². The van der Waals surface area contributed by atoms with Gasteiger partial charge < -0.3 is 9.80 Å². The van der Waals surface area contributed by atoms with E-state index in [0.717, 1.165) is 69.2 Å². The maximum absolute atomic E-state index is 13.2. The third kappa shape index (κ3) is 4.65. The molecule has 0 spiro atoms. The first-order valence-corrected chi connectivity index (χ1v) is 11.5. The monoisotopic (exact) mass is 425 g/mol. The summed E-state index contributed by atoms with van der Waals surface area (Å²) in [5.74, 6) is 0.438. The summed E-state index contributed by atoms with van der Waals surface area (Å²) in [6.07, 6.45) is 2.07. The molecular weight excluding hydrogens is 394 g/mol. The number of aryl methyl sites for hydroxylation is 1. The molecule has 1 amide bonds. The SMILES string of the molecule is Cc1cccc(N2CCN(C(=O)C3CCCN(Cc4ccccc4Cl)C3)CC2)c1C. The molecule has 0 aliphatic carbocycles. The third-order valence-electron chi connectivity index (χ3n) is 6.71. The number of halogens is 1. The van der Waals surface area contributed by atoms with Gasteiger partial charge in [0.05, 0.1) is 5.92 Å². The van der Waals surface area contributed by atoms with Crippen molar-refractivity contribution in [2.75, 3.05) is 44.2 Å². The second kappa shape index (κ2) is 9.40. The van der Waals surface area contributed by atoms with Gasteiger partial charge in [-0.3, -0.25) is 9.69 Å². The van der Waals surface area contributed by atoms with Crippen LogP contribution >= 0.6 is 11.6 Å². The summed E-state index contributed by atoms with van der Waals surface area (Å²) in [5, 5.41) is 0.813. The van der Waals surface area contributed by atoms with Crippen LogP contribution in [0.1, 0.15) is 29.5 Å². The lowest BCUT2D eigenvalue weighted by atomic mass is 9.95. The molecule has 2 saturated heterocycles. The Bertz CT molecular complexity index is 892.